The summed E-state index contributed by atoms with van der Waals surface area (Å²) in [6.07, 6.45) is 1.78. The van der Waals surface area contributed by atoms with E-state index in [1.54, 1.807) is 0 Å². The van der Waals surface area contributed by atoms with E-state index in [9.17, 15) is 14.7 Å². The number of carbonyl (C=O) groups is 2. The summed E-state index contributed by atoms with van der Waals surface area (Å²) in [5.74, 6) is -1.36. The normalized spacial score (nSPS) is 20.2. The highest BCUT2D eigenvalue weighted by Gasteiger charge is 2.30. The molecule has 1 heterocycles. The molecule has 23 heavy (non-hydrogen) atoms. The molecule has 1 fully saturated rings. The Hall–Kier alpha value is -1.88. The number of rotatable bonds is 6. The monoisotopic (exact) mass is 318 g/mol. The molecule has 5 nitrogen and oxygen atoms in total. The molecule has 0 radical (unpaired) electrons. The van der Waals surface area contributed by atoms with Crippen molar-refractivity contribution in [3.8, 4) is 0 Å². The predicted octanol–water partition coefficient (Wildman–Crippen LogP) is 2.12. The van der Waals surface area contributed by atoms with E-state index in [4.69, 9.17) is 0 Å². The number of carboxylic acid groups (broad SMARTS) is 1. The Labute approximate surface area is 137 Å². The third-order valence-electron chi connectivity index (χ3n) is 4.36. The van der Waals surface area contributed by atoms with Gasteiger partial charge >= 0.3 is 5.97 Å². The van der Waals surface area contributed by atoms with Crippen LogP contribution < -0.4 is 5.32 Å². The van der Waals surface area contributed by atoms with E-state index in [0.29, 0.717) is 6.54 Å². The number of benzene rings is 1. The third kappa shape index (κ3) is 5.06. The Kier molecular flexibility index (Phi) is 6.16. The number of carbonyl (C=O) groups excluding carboxylic acids is 1. The summed E-state index contributed by atoms with van der Waals surface area (Å²) in [7, 11) is 0. The molecule has 1 amide bonds. The predicted molar refractivity (Wildman–Crippen MR) is 88.8 cm³/mol. The molecule has 0 aromatic heterocycles. The topological polar surface area (TPSA) is 69.6 Å². The number of hydrogen-bond donors (Lipinski definition) is 2. The molecule has 1 aliphatic rings. The van der Waals surface area contributed by atoms with E-state index in [-0.39, 0.29) is 17.7 Å². The fourth-order valence-electron chi connectivity index (χ4n) is 3.04. The Balaban J connectivity index is 1.92. The highest BCUT2D eigenvalue weighted by atomic mass is 16.4. The van der Waals surface area contributed by atoms with Gasteiger partial charge in [-0.3, -0.25) is 9.69 Å². The highest BCUT2D eigenvalue weighted by Crippen LogP contribution is 2.19. The van der Waals surface area contributed by atoms with Gasteiger partial charge in [0, 0.05) is 13.1 Å². The molecule has 1 aromatic carbocycles. The van der Waals surface area contributed by atoms with Crippen LogP contribution in [-0.2, 0) is 16.1 Å². The van der Waals surface area contributed by atoms with E-state index in [0.717, 1.165) is 25.9 Å². The van der Waals surface area contributed by atoms with Crippen LogP contribution in [-0.4, -0.2) is 41.0 Å². The molecule has 2 atom stereocenters. The average molecular weight is 318 g/mol. The SMILES string of the molecule is CC(C)[C@H](NC(=O)[C@H]1CCCN(Cc2ccccc2)C1)C(=O)O. The van der Waals surface area contributed by atoms with Crippen LogP contribution in [0.4, 0.5) is 0 Å². The summed E-state index contributed by atoms with van der Waals surface area (Å²) in [5.41, 5.74) is 1.24. The molecule has 0 aliphatic carbocycles. The first kappa shape index (κ1) is 17.5. The maximum atomic E-state index is 12.4. The zero-order valence-electron chi connectivity index (χ0n) is 13.9. The molecule has 0 bridgehead atoms. The molecule has 0 unspecified atom stereocenters. The van der Waals surface area contributed by atoms with Crippen molar-refractivity contribution >= 4 is 11.9 Å². The lowest BCUT2D eigenvalue weighted by atomic mass is 9.95. The standard InChI is InChI=1S/C18H26N2O3/c1-13(2)16(18(22)23)19-17(21)15-9-6-10-20(12-15)11-14-7-4-3-5-8-14/h3-5,7-8,13,15-16H,6,9-12H2,1-2H3,(H,19,21)(H,22,23)/t15-,16-/m0/s1. The van der Waals surface area contributed by atoms with Crippen LogP contribution in [0.5, 0.6) is 0 Å². The van der Waals surface area contributed by atoms with Crippen molar-refractivity contribution in [2.24, 2.45) is 11.8 Å². The number of piperidine rings is 1. The Morgan fingerprint density at radius 3 is 2.61 bits per heavy atom. The quantitative estimate of drug-likeness (QED) is 0.843. The summed E-state index contributed by atoms with van der Waals surface area (Å²) in [6.45, 7) is 6.11. The van der Waals surface area contributed by atoms with E-state index in [1.165, 1.54) is 5.56 Å². The highest BCUT2D eigenvalue weighted by molar-refractivity contribution is 5.85. The number of likely N-dealkylation sites (tertiary alicyclic amines) is 1. The van der Waals surface area contributed by atoms with Crippen molar-refractivity contribution in [3.63, 3.8) is 0 Å². The summed E-state index contributed by atoms with van der Waals surface area (Å²) >= 11 is 0. The van der Waals surface area contributed by atoms with Crippen LogP contribution in [0.1, 0.15) is 32.3 Å². The molecule has 1 saturated heterocycles. The average Bonchev–Trinajstić information content (AvgIpc) is 2.53. The van der Waals surface area contributed by atoms with E-state index in [2.05, 4.69) is 22.3 Å². The summed E-state index contributed by atoms with van der Waals surface area (Å²) in [4.78, 5) is 25.9. The van der Waals surface area contributed by atoms with Crippen LogP contribution in [0.15, 0.2) is 30.3 Å². The first-order valence-electron chi connectivity index (χ1n) is 8.27. The number of hydrogen-bond acceptors (Lipinski definition) is 3. The fraction of sp³-hybridized carbons (Fsp3) is 0.556. The molecule has 126 valence electrons. The first-order chi connectivity index (χ1) is 11.0. The fourth-order valence-corrected chi connectivity index (χ4v) is 3.04. The van der Waals surface area contributed by atoms with Crippen LogP contribution in [0.25, 0.3) is 0 Å². The Morgan fingerprint density at radius 1 is 1.30 bits per heavy atom. The van der Waals surface area contributed by atoms with E-state index >= 15 is 0 Å². The van der Waals surface area contributed by atoms with Gasteiger partial charge in [0.1, 0.15) is 6.04 Å². The molecule has 0 saturated carbocycles. The van der Waals surface area contributed by atoms with Gasteiger partial charge < -0.3 is 10.4 Å². The Bertz CT molecular complexity index is 530. The number of amides is 1. The third-order valence-corrected chi connectivity index (χ3v) is 4.36. The number of aliphatic carboxylic acids is 1. The van der Waals surface area contributed by atoms with Crippen molar-refractivity contribution in [2.45, 2.75) is 39.3 Å². The smallest absolute Gasteiger partial charge is 0.326 e. The summed E-state index contributed by atoms with van der Waals surface area (Å²) < 4.78 is 0. The lowest BCUT2D eigenvalue weighted by Gasteiger charge is -2.33. The zero-order valence-corrected chi connectivity index (χ0v) is 13.9. The van der Waals surface area contributed by atoms with Crippen LogP contribution >= 0.6 is 0 Å². The molecule has 1 aliphatic heterocycles. The lowest BCUT2D eigenvalue weighted by Crippen LogP contribution is -2.49. The van der Waals surface area contributed by atoms with E-state index < -0.39 is 12.0 Å². The molecular formula is C18H26N2O3. The number of nitrogens with zero attached hydrogens (tertiary/aromatic N) is 1. The van der Waals surface area contributed by atoms with Gasteiger partial charge in [-0.15, -0.1) is 0 Å². The van der Waals surface area contributed by atoms with Crippen molar-refractivity contribution in [1.29, 1.82) is 0 Å². The largest absolute Gasteiger partial charge is 0.480 e. The maximum absolute atomic E-state index is 12.4. The zero-order chi connectivity index (χ0) is 16.8. The second-order valence-electron chi connectivity index (χ2n) is 6.63. The van der Waals surface area contributed by atoms with Crippen molar-refractivity contribution in [2.75, 3.05) is 13.1 Å². The lowest BCUT2D eigenvalue weighted by molar-refractivity contribution is -0.144. The summed E-state index contributed by atoms with van der Waals surface area (Å²) in [6, 6.07) is 9.39. The second-order valence-corrected chi connectivity index (χ2v) is 6.63. The van der Waals surface area contributed by atoms with Gasteiger partial charge in [-0.1, -0.05) is 44.2 Å². The van der Waals surface area contributed by atoms with Gasteiger partial charge in [0.05, 0.1) is 5.92 Å². The molecule has 2 N–H and O–H groups in total. The van der Waals surface area contributed by atoms with E-state index in [1.807, 2.05) is 32.0 Å². The van der Waals surface area contributed by atoms with Crippen LogP contribution in [0.3, 0.4) is 0 Å². The second kappa shape index (κ2) is 8.11. The maximum Gasteiger partial charge on any atom is 0.326 e. The van der Waals surface area contributed by atoms with Gasteiger partial charge in [0.25, 0.3) is 0 Å². The number of nitrogens with one attached hydrogen (secondary N) is 1. The van der Waals surface area contributed by atoms with Crippen LogP contribution in [0.2, 0.25) is 0 Å². The molecule has 5 heteroatoms. The molecule has 1 aromatic rings. The van der Waals surface area contributed by atoms with Gasteiger partial charge in [0.2, 0.25) is 5.91 Å². The van der Waals surface area contributed by atoms with Crippen molar-refractivity contribution in [1.82, 2.24) is 10.2 Å². The van der Waals surface area contributed by atoms with Gasteiger partial charge in [-0.2, -0.15) is 0 Å². The minimum absolute atomic E-state index is 0.125. The van der Waals surface area contributed by atoms with Gasteiger partial charge in [-0.25, -0.2) is 4.79 Å². The Morgan fingerprint density at radius 2 is 2.00 bits per heavy atom. The summed E-state index contributed by atoms with van der Waals surface area (Å²) in [5, 5.41) is 11.9. The minimum atomic E-state index is -0.967. The van der Waals surface area contributed by atoms with Crippen molar-refractivity contribution < 1.29 is 14.7 Å². The van der Waals surface area contributed by atoms with Gasteiger partial charge in [0.15, 0.2) is 0 Å². The van der Waals surface area contributed by atoms with Crippen molar-refractivity contribution in [3.05, 3.63) is 35.9 Å². The van der Waals surface area contributed by atoms with Gasteiger partial charge in [-0.05, 0) is 30.9 Å². The molecular weight excluding hydrogens is 292 g/mol. The molecule has 2 rings (SSSR count). The minimum Gasteiger partial charge on any atom is -0.480 e. The first-order valence-corrected chi connectivity index (χ1v) is 8.27. The van der Waals surface area contributed by atoms with Crippen LogP contribution in [0, 0.1) is 11.8 Å². The number of carboxylic acids is 1. The molecule has 0 spiro atoms.